The molecule has 0 aromatic heterocycles. The Morgan fingerprint density at radius 3 is 2.64 bits per heavy atom. The van der Waals surface area contributed by atoms with Crippen molar-refractivity contribution in [2.75, 3.05) is 26.3 Å². The predicted molar refractivity (Wildman–Crippen MR) is 114 cm³/mol. The summed E-state index contributed by atoms with van der Waals surface area (Å²) in [7, 11) is 0. The summed E-state index contributed by atoms with van der Waals surface area (Å²) in [5.41, 5.74) is 7.68. The highest BCUT2D eigenvalue weighted by atomic mass is 127. The van der Waals surface area contributed by atoms with Gasteiger partial charge in [0.2, 0.25) is 0 Å². The SMILES string of the molecule is CC1CCCN(C(N)=NC(CC2CCOCC2)c2ccccc2)C1.I. The minimum absolute atomic E-state index is 0. The number of likely N-dealkylation sites (tertiary alicyclic amines) is 1. The molecule has 3 rings (SSSR count). The van der Waals surface area contributed by atoms with Crippen molar-refractivity contribution in [3.05, 3.63) is 35.9 Å². The molecule has 0 bridgehead atoms. The summed E-state index contributed by atoms with van der Waals surface area (Å²) in [4.78, 5) is 7.25. The topological polar surface area (TPSA) is 50.8 Å². The number of nitrogens with two attached hydrogens (primary N) is 1. The molecule has 0 aliphatic carbocycles. The molecule has 2 aliphatic heterocycles. The van der Waals surface area contributed by atoms with Crippen LogP contribution in [-0.4, -0.2) is 37.2 Å². The van der Waals surface area contributed by atoms with Crippen LogP contribution in [0.4, 0.5) is 0 Å². The molecule has 140 valence electrons. The Kier molecular flexibility index (Phi) is 8.49. The van der Waals surface area contributed by atoms with E-state index in [1.165, 1.54) is 18.4 Å². The Bertz CT molecular complexity index is 531. The van der Waals surface area contributed by atoms with Gasteiger partial charge in [0.1, 0.15) is 0 Å². The van der Waals surface area contributed by atoms with Crippen LogP contribution >= 0.6 is 24.0 Å². The second-order valence-electron chi connectivity index (χ2n) is 7.40. The first-order valence-corrected chi connectivity index (χ1v) is 9.43. The molecule has 25 heavy (non-hydrogen) atoms. The molecular weight excluding hydrogens is 425 g/mol. The zero-order chi connectivity index (χ0) is 16.8. The maximum Gasteiger partial charge on any atom is 0.191 e. The third-order valence-corrected chi connectivity index (χ3v) is 5.35. The maximum atomic E-state index is 6.41. The zero-order valence-corrected chi connectivity index (χ0v) is 17.6. The molecule has 1 aromatic carbocycles. The van der Waals surface area contributed by atoms with Crippen molar-refractivity contribution in [1.29, 1.82) is 0 Å². The Morgan fingerprint density at radius 1 is 1.24 bits per heavy atom. The molecule has 1 aromatic rings. The van der Waals surface area contributed by atoms with Crippen molar-refractivity contribution in [3.63, 3.8) is 0 Å². The van der Waals surface area contributed by atoms with Crippen LogP contribution in [0.5, 0.6) is 0 Å². The number of guanidine groups is 1. The number of ether oxygens (including phenoxy) is 1. The van der Waals surface area contributed by atoms with Gasteiger partial charge in [0.05, 0.1) is 6.04 Å². The summed E-state index contributed by atoms with van der Waals surface area (Å²) in [6.45, 7) is 6.15. The monoisotopic (exact) mass is 457 g/mol. The van der Waals surface area contributed by atoms with E-state index in [1.54, 1.807) is 0 Å². The van der Waals surface area contributed by atoms with Gasteiger partial charge >= 0.3 is 0 Å². The molecule has 2 N–H and O–H groups in total. The average Bonchev–Trinajstić information content (AvgIpc) is 2.63. The number of rotatable bonds is 4. The molecule has 0 saturated carbocycles. The van der Waals surface area contributed by atoms with Crippen molar-refractivity contribution < 1.29 is 4.74 Å². The van der Waals surface area contributed by atoms with Crippen molar-refractivity contribution in [1.82, 2.24) is 4.90 Å². The van der Waals surface area contributed by atoms with Crippen LogP contribution in [0.15, 0.2) is 35.3 Å². The molecule has 5 heteroatoms. The average molecular weight is 457 g/mol. The molecule has 0 amide bonds. The summed E-state index contributed by atoms with van der Waals surface area (Å²) in [5.74, 6) is 2.11. The van der Waals surface area contributed by atoms with E-state index in [0.29, 0.717) is 11.8 Å². The Balaban J connectivity index is 0.00000225. The van der Waals surface area contributed by atoms with Crippen LogP contribution in [-0.2, 0) is 4.74 Å². The van der Waals surface area contributed by atoms with Crippen molar-refractivity contribution in [3.8, 4) is 0 Å². The van der Waals surface area contributed by atoms with Crippen LogP contribution < -0.4 is 5.73 Å². The van der Waals surface area contributed by atoms with Crippen LogP contribution in [0.25, 0.3) is 0 Å². The van der Waals surface area contributed by atoms with Crippen LogP contribution in [0.3, 0.4) is 0 Å². The number of hydrogen-bond acceptors (Lipinski definition) is 2. The highest BCUT2D eigenvalue weighted by molar-refractivity contribution is 14.0. The third-order valence-electron chi connectivity index (χ3n) is 5.35. The van der Waals surface area contributed by atoms with E-state index >= 15 is 0 Å². The largest absolute Gasteiger partial charge is 0.381 e. The zero-order valence-electron chi connectivity index (χ0n) is 15.3. The van der Waals surface area contributed by atoms with Crippen LogP contribution in [0, 0.1) is 11.8 Å². The smallest absolute Gasteiger partial charge is 0.191 e. The number of hydrogen-bond donors (Lipinski definition) is 1. The fourth-order valence-corrected chi connectivity index (χ4v) is 3.88. The van der Waals surface area contributed by atoms with Gasteiger partial charge in [-0.3, -0.25) is 0 Å². The molecule has 4 nitrogen and oxygen atoms in total. The molecule has 2 atom stereocenters. The summed E-state index contributed by atoms with van der Waals surface area (Å²) in [6.07, 6.45) is 5.86. The minimum Gasteiger partial charge on any atom is -0.381 e. The van der Waals surface area contributed by atoms with Gasteiger partial charge in [-0.05, 0) is 49.5 Å². The summed E-state index contributed by atoms with van der Waals surface area (Å²) < 4.78 is 5.51. The van der Waals surface area contributed by atoms with Gasteiger partial charge in [-0.2, -0.15) is 0 Å². The normalized spacial score (nSPS) is 23.8. The lowest BCUT2D eigenvalue weighted by Gasteiger charge is -2.33. The number of nitrogens with zero attached hydrogens (tertiary/aromatic N) is 2. The van der Waals surface area contributed by atoms with E-state index in [1.807, 2.05) is 0 Å². The van der Waals surface area contributed by atoms with E-state index in [-0.39, 0.29) is 30.0 Å². The predicted octanol–water partition coefficient (Wildman–Crippen LogP) is 4.21. The summed E-state index contributed by atoms with van der Waals surface area (Å²) >= 11 is 0. The van der Waals surface area contributed by atoms with Crippen LogP contribution in [0.1, 0.15) is 50.6 Å². The van der Waals surface area contributed by atoms with Gasteiger partial charge in [-0.25, -0.2) is 4.99 Å². The summed E-state index contributed by atoms with van der Waals surface area (Å²) in [6, 6.07) is 10.8. The van der Waals surface area contributed by atoms with Crippen molar-refractivity contribution in [2.45, 2.75) is 45.1 Å². The molecule has 2 aliphatic rings. The molecule has 2 fully saturated rings. The maximum absolute atomic E-state index is 6.41. The molecule has 2 unspecified atom stereocenters. The molecule has 2 heterocycles. The van der Waals surface area contributed by atoms with E-state index in [0.717, 1.165) is 51.5 Å². The Labute approximate surface area is 169 Å². The Morgan fingerprint density at radius 2 is 1.96 bits per heavy atom. The second-order valence-corrected chi connectivity index (χ2v) is 7.40. The third kappa shape index (κ3) is 6.13. The number of halogens is 1. The summed E-state index contributed by atoms with van der Waals surface area (Å²) in [5, 5.41) is 0. The van der Waals surface area contributed by atoms with Gasteiger partial charge in [0, 0.05) is 26.3 Å². The molecule has 0 radical (unpaired) electrons. The number of piperidine rings is 1. The van der Waals surface area contributed by atoms with Crippen LogP contribution in [0.2, 0.25) is 0 Å². The quantitative estimate of drug-likeness (QED) is 0.419. The van der Waals surface area contributed by atoms with E-state index in [9.17, 15) is 0 Å². The lowest BCUT2D eigenvalue weighted by molar-refractivity contribution is 0.0618. The first-order chi connectivity index (χ1) is 11.7. The fourth-order valence-electron chi connectivity index (χ4n) is 3.88. The molecule has 0 spiro atoms. The number of aliphatic imine (C=N–C) groups is 1. The highest BCUT2D eigenvalue weighted by Gasteiger charge is 2.23. The van der Waals surface area contributed by atoms with Crippen molar-refractivity contribution >= 4 is 29.9 Å². The van der Waals surface area contributed by atoms with Gasteiger partial charge in [0.25, 0.3) is 0 Å². The van der Waals surface area contributed by atoms with E-state index < -0.39 is 0 Å². The first-order valence-electron chi connectivity index (χ1n) is 9.43. The first kappa shape index (κ1) is 20.5. The van der Waals surface area contributed by atoms with E-state index in [4.69, 9.17) is 15.5 Å². The van der Waals surface area contributed by atoms with Gasteiger partial charge in [-0.1, -0.05) is 37.3 Å². The fraction of sp³-hybridized carbons (Fsp3) is 0.650. The van der Waals surface area contributed by atoms with Gasteiger partial charge < -0.3 is 15.4 Å². The van der Waals surface area contributed by atoms with Gasteiger partial charge in [0.15, 0.2) is 5.96 Å². The Hall–Kier alpha value is -0.820. The number of benzene rings is 1. The second kappa shape index (κ2) is 10.4. The minimum atomic E-state index is 0. The molecule has 2 saturated heterocycles. The molecular formula is C20H32IN3O. The lowest BCUT2D eigenvalue weighted by Crippen LogP contribution is -2.43. The van der Waals surface area contributed by atoms with E-state index in [2.05, 4.69) is 42.2 Å². The van der Waals surface area contributed by atoms with Gasteiger partial charge in [-0.15, -0.1) is 24.0 Å². The highest BCUT2D eigenvalue weighted by Crippen LogP contribution is 2.30. The lowest BCUT2D eigenvalue weighted by atomic mass is 9.90. The standard InChI is InChI=1S/C20H31N3O.HI/c1-16-6-5-11-23(15-16)20(21)22-19(18-7-3-2-4-8-18)14-17-9-12-24-13-10-17;/h2-4,7-8,16-17,19H,5-6,9-15H2,1H3,(H2,21,22);1H. The van der Waals surface area contributed by atoms with Crippen molar-refractivity contribution in [2.24, 2.45) is 22.6 Å².